The second kappa shape index (κ2) is 16.1. The minimum Gasteiger partial charge on any atom is -0.300 e. The van der Waals surface area contributed by atoms with Crippen molar-refractivity contribution in [3.05, 3.63) is 0 Å². The van der Waals surface area contributed by atoms with Gasteiger partial charge in [-0.05, 0) is 12.8 Å². The zero-order valence-corrected chi connectivity index (χ0v) is 12.2. The Morgan fingerprint density at radius 3 is 1.47 bits per heavy atom. The Bertz CT molecular complexity index is 117. The van der Waals surface area contributed by atoms with E-state index in [9.17, 15) is 4.79 Å². The van der Waals surface area contributed by atoms with Crippen molar-refractivity contribution in [2.75, 3.05) is 0 Å². The molecule has 0 saturated carbocycles. The van der Waals surface area contributed by atoms with Crippen LogP contribution in [0.1, 0.15) is 74.7 Å². The van der Waals surface area contributed by atoms with Gasteiger partial charge >= 0.3 is 0 Å². The molecule has 1 unspecified atom stereocenters. The van der Waals surface area contributed by atoms with Gasteiger partial charge in [-0.15, -0.1) is 0 Å². The number of hydrogen-bond acceptors (Lipinski definition) is 1. The van der Waals surface area contributed by atoms with Crippen molar-refractivity contribution >= 4 is 5.78 Å². The van der Waals surface area contributed by atoms with Crippen LogP contribution in [-0.4, -0.2) is 5.78 Å². The highest BCUT2D eigenvalue weighted by Crippen LogP contribution is 2.07. The van der Waals surface area contributed by atoms with E-state index in [1.165, 1.54) is 19.3 Å². The summed E-state index contributed by atoms with van der Waals surface area (Å²) < 4.78 is 0. The number of ketones is 1. The van der Waals surface area contributed by atoms with Crippen molar-refractivity contribution in [2.24, 2.45) is 11.8 Å². The Morgan fingerprint density at radius 2 is 1.40 bits per heavy atom. The maximum Gasteiger partial charge on any atom is 0.132 e. The summed E-state index contributed by atoms with van der Waals surface area (Å²) in [6, 6.07) is 0. The highest BCUT2D eigenvalue weighted by molar-refractivity contribution is 5.77. The molecule has 0 aromatic rings. The lowest BCUT2D eigenvalue weighted by molar-refractivity contribution is -0.119. The Balaban J connectivity index is -0.000000166. The molecule has 0 aromatic heterocycles. The van der Waals surface area contributed by atoms with Crippen molar-refractivity contribution in [1.82, 2.24) is 0 Å². The average molecular weight is 216 g/mol. The standard InChI is InChI=1S/C7H16.C5H10O.C2H6/c1-4-6-7(3)5-2;1-4(2)5(3)6;1-2/h7H,4-6H2,1-3H3;4H,1-3H3;1-2H3. The van der Waals surface area contributed by atoms with Gasteiger partial charge in [0.05, 0.1) is 0 Å². The highest BCUT2D eigenvalue weighted by Gasteiger charge is 1.95. The molecule has 0 aliphatic rings. The summed E-state index contributed by atoms with van der Waals surface area (Å²) in [5.41, 5.74) is 0. The van der Waals surface area contributed by atoms with E-state index in [0.29, 0.717) is 0 Å². The van der Waals surface area contributed by atoms with E-state index in [4.69, 9.17) is 0 Å². The van der Waals surface area contributed by atoms with E-state index in [1.807, 2.05) is 27.7 Å². The van der Waals surface area contributed by atoms with Crippen LogP contribution in [0.15, 0.2) is 0 Å². The molecule has 1 nitrogen and oxygen atoms in total. The molecule has 0 N–H and O–H groups in total. The first-order valence-corrected chi connectivity index (χ1v) is 6.46. The van der Waals surface area contributed by atoms with Gasteiger partial charge in [0, 0.05) is 5.92 Å². The summed E-state index contributed by atoms with van der Waals surface area (Å²) in [5.74, 6) is 1.42. The highest BCUT2D eigenvalue weighted by atomic mass is 16.1. The maximum absolute atomic E-state index is 10.1. The molecule has 94 valence electrons. The lowest BCUT2D eigenvalue weighted by Gasteiger charge is -2.02. The minimum atomic E-state index is 0.213. The van der Waals surface area contributed by atoms with Crippen LogP contribution in [0.4, 0.5) is 0 Å². The number of Topliss-reactive ketones (excluding diaryl/α,β-unsaturated/α-hetero) is 1. The molecule has 0 aromatic carbocycles. The SMILES string of the molecule is CC.CC(=O)C(C)C.CCCC(C)CC. The van der Waals surface area contributed by atoms with Crippen LogP contribution in [0.3, 0.4) is 0 Å². The molecule has 1 heteroatoms. The molecular formula is C14H32O. The molecule has 1 atom stereocenters. The van der Waals surface area contributed by atoms with Gasteiger partial charge in [-0.25, -0.2) is 0 Å². The van der Waals surface area contributed by atoms with E-state index in [1.54, 1.807) is 6.92 Å². The first-order chi connectivity index (χ1) is 6.95. The molecule has 0 heterocycles. The van der Waals surface area contributed by atoms with Crippen LogP contribution >= 0.6 is 0 Å². The summed E-state index contributed by atoms with van der Waals surface area (Å²) in [6.45, 7) is 16.2. The Labute approximate surface area is 97.7 Å². The smallest absolute Gasteiger partial charge is 0.132 e. The van der Waals surface area contributed by atoms with E-state index >= 15 is 0 Å². The molecule has 0 aliphatic carbocycles. The van der Waals surface area contributed by atoms with Crippen LogP contribution in [0, 0.1) is 11.8 Å². The molecule has 0 saturated heterocycles. The molecule has 0 amide bonds. The summed E-state index contributed by atoms with van der Waals surface area (Å²) >= 11 is 0. The van der Waals surface area contributed by atoms with Gasteiger partial charge in [0.2, 0.25) is 0 Å². The molecule has 15 heavy (non-hydrogen) atoms. The lowest BCUT2D eigenvalue weighted by atomic mass is 10.0. The minimum absolute atomic E-state index is 0.213. The predicted molar refractivity (Wildman–Crippen MR) is 71.2 cm³/mol. The zero-order valence-electron chi connectivity index (χ0n) is 12.2. The van der Waals surface area contributed by atoms with Gasteiger partial charge in [0.25, 0.3) is 0 Å². The van der Waals surface area contributed by atoms with E-state index in [-0.39, 0.29) is 11.7 Å². The van der Waals surface area contributed by atoms with Gasteiger partial charge in [0.15, 0.2) is 0 Å². The van der Waals surface area contributed by atoms with Crippen molar-refractivity contribution in [2.45, 2.75) is 74.7 Å². The molecule has 0 fully saturated rings. The van der Waals surface area contributed by atoms with E-state index < -0.39 is 0 Å². The fraction of sp³-hybridized carbons (Fsp3) is 0.929. The van der Waals surface area contributed by atoms with Crippen molar-refractivity contribution in [3.8, 4) is 0 Å². The Kier molecular flexibility index (Phi) is 21.6. The molecule has 0 spiro atoms. The van der Waals surface area contributed by atoms with Crippen LogP contribution in [-0.2, 0) is 4.79 Å². The van der Waals surface area contributed by atoms with Crippen molar-refractivity contribution in [1.29, 1.82) is 0 Å². The quantitative estimate of drug-likeness (QED) is 0.639. The summed E-state index contributed by atoms with van der Waals surface area (Å²) in [5, 5.41) is 0. The Hall–Kier alpha value is -0.330. The van der Waals surface area contributed by atoms with Gasteiger partial charge in [-0.3, -0.25) is 4.79 Å². The third kappa shape index (κ3) is 24.8. The summed E-state index contributed by atoms with van der Waals surface area (Å²) in [4.78, 5) is 10.1. The third-order valence-electron chi connectivity index (χ3n) is 2.29. The first-order valence-electron chi connectivity index (χ1n) is 6.46. The second-order valence-corrected chi connectivity index (χ2v) is 4.07. The molecule has 0 rings (SSSR count). The van der Waals surface area contributed by atoms with Gasteiger partial charge in [-0.1, -0.05) is 67.7 Å². The molecular weight excluding hydrogens is 184 g/mol. The third-order valence-corrected chi connectivity index (χ3v) is 2.29. The monoisotopic (exact) mass is 216 g/mol. The molecule has 0 aliphatic heterocycles. The van der Waals surface area contributed by atoms with Crippen LogP contribution in [0.25, 0.3) is 0 Å². The molecule has 0 bridgehead atoms. The normalized spacial score (nSPS) is 10.7. The number of carbonyl (C=O) groups excluding carboxylic acids is 1. The fourth-order valence-electron chi connectivity index (χ4n) is 0.697. The zero-order chi connectivity index (χ0) is 12.9. The lowest BCUT2D eigenvalue weighted by Crippen LogP contribution is -1.98. The number of rotatable bonds is 4. The van der Waals surface area contributed by atoms with E-state index in [2.05, 4.69) is 20.8 Å². The predicted octanol–water partition coefficient (Wildman–Crippen LogP) is 5.09. The Morgan fingerprint density at radius 1 is 1.07 bits per heavy atom. The largest absolute Gasteiger partial charge is 0.300 e. The maximum atomic E-state index is 10.1. The van der Waals surface area contributed by atoms with Crippen LogP contribution in [0.5, 0.6) is 0 Å². The second-order valence-electron chi connectivity index (χ2n) is 4.07. The van der Waals surface area contributed by atoms with Crippen molar-refractivity contribution < 1.29 is 4.79 Å². The molecule has 0 radical (unpaired) electrons. The first kappa shape index (κ1) is 20.1. The van der Waals surface area contributed by atoms with Crippen molar-refractivity contribution in [3.63, 3.8) is 0 Å². The average Bonchev–Trinajstić information content (AvgIpc) is 2.22. The van der Waals surface area contributed by atoms with Gasteiger partial charge < -0.3 is 0 Å². The number of carbonyl (C=O) groups is 1. The fourth-order valence-corrected chi connectivity index (χ4v) is 0.697. The number of hydrogen-bond donors (Lipinski definition) is 0. The topological polar surface area (TPSA) is 17.1 Å². The van der Waals surface area contributed by atoms with E-state index in [0.717, 1.165) is 5.92 Å². The van der Waals surface area contributed by atoms with Gasteiger partial charge in [0.1, 0.15) is 5.78 Å². The summed E-state index contributed by atoms with van der Waals surface area (Å²) in [6.07, 6.45) is 4.08. The summed E-state index contributed by atoms with van der Waals surface area (Å²) in [7, 11) is 0. The van der Waals surface area contributed by atoms with Crippen LogP contribution < -0.4 is 0 Å². The van der Waals surface area contributed by atoms with Crippen LogP contribution in [0.2, 0.25) is 0 Å². The van der Waals surface area contributed by atoms with Gasteiger partial charge in [-0.2, -0.15) is 0 Å².